The zero-order chi connectivity index (χ0) is 35.8. The molecule has 0 N–H and O–H groups in total. The number of methoxy groups -OCH3 is 3. The summed E-state index contributed by atoms with van der Waals surface area (Å²) in [5.74, 6) is 2.41. The highest BCUT2D eigenvalue weighted by molar-refractivity contribution is 6.75. The van der Waals surface area contributed by atoms with E-state index in [0.29, 0.717) is 0 Å². The van der Waals surface area contributed by atoms with Crippen molar-refractivity contribution in [2.75, 3.05) is 52.5 Å². The molecule has 0 aliphatic heterocycles. The first-order valence-electron chi connectivity index (χ1n) is 16.4. The minimum Gasteiger partial charge on any atom is -0.497 e. The molecule has 0 unspecified atom stereocenters. The van der Waals surface area contributed by atoms with Crippen LogP contribution in [0.5, 0.6) is 17.2 Å². The van der Waals surface area contributed by atoms with E-state index in [1.807, 2.05) is 48.5 Å². The molecular formula is C42H42N2O6Si. The second-order valence-corrected chi connectivity index (χ2v) is 14.5. The topological polar surface area (TPSA) is 61.9 Å². The van der Waals surface area contributed by atoms with Gasteiger partial charge < -0.3 is 37.3 Å². The fourth-order valence-corrected chi connectivity index (χ4v) is 7.89. The highest BCUT2D eigenvalue weighted by atomic mass is 28.4. The van der Waals surface area contributed by atoms with Crippen LogP contribution in [-0.4, -0.2) is 51.5 Å². The van der Waals surface area contributed by atoms with Gasteiger partial charge in [-0.25, -0.2) is 0 Å². The van der Waals surface area contributed by atoms with E-state index in [4.69, 9.17) is 27.5 Å². The average molecular weight is 699 g/mol. The molecule has 51 heavy (non-hydrogen) atoms. The molecule has 260 valence electrons. The molecule has 6 aromatic carbocycles. The summed E-state index contributed by atoms with van der Waals surface area (Å²) in [5, 5.41) is 0.879. The van der Waals surface area contributed by atoms with E-state index in [0.717, 1.165) is 67.7 Å². The van der Waals surface area contributed by atoms with Gasteiger partial charge in [0.1, 0.15) is 17.2 Å². The van der Waals surface area contributed by atoms with Crippen LogP contribution in [0.15, 0.2) is 146 Å². The van der Waals surface area contributed by atoms with Gasteiger partial charge in [-0.3, -0.25) is 0 Å². The number of hydrogen-bond donors (Lipinski definition) is 0. The van der Waals surface area contributed by atoms with Gasteiger partial charge >= 0.3 is 8.80 Å². The molecule has 0 bridgehead atoms. The van der Waals surface area contributed by atoms with E-state index < -0.39 is 8.80 Å². The third-order valence-electron chi connectivity index (χ3n) is 8.86. The van der Waals surface area contributed by atoms with Crippen LogP contribution in [0.2, 0.25) is 0 Å². The number of hydrogen-bond acceptors (Lipinski definition) is 8. The second kappa shape index (κ2) is 16.0. The van der Waals surface area contributed by atoms with Crippen LogP contribution in [0.1, 0.15) is 0 Å². The van der Waals surface area contributed by atoms with E-state index in [1.165, 1.54) is 0 Å². The second-order valence-electron chi connectivity index (χ2n) is 11.6. The summed E-state index contributed by atoms with van der Waals surface area (Å²) in [6, 6.07) is 49.5. The predicted molar refractivity (Wildman–Crippen MR) is 207 cm³/mol. The minimum absolute atomic E-state index is 0.793. The normalized spacial score (nSPS) is 11.2. The summed E-state index contributed by atoms with van der Waals surface area (Å²) < 4.78 is 33.4. The maximum Gasteiger partial charge on any atom is 0.536 e. The van der Waals surface area contributed by atoms with Gasteiger partial charge in [0.05, 0.1) is 21.3 Å². The molecule has 0 atom stereocenters. The first kappa shape index (κ1) is 35.3. The van der Waals surface area contributed by atoms with Crippen molar-refractivity contribution in [3.63, 3.8) is 0 Å². The highest BCUT2D eigenvalue weighted by Crippen LogP contribution is 2.39. The summed E-state index contributed by atoms with van der Waals surface area (Å²) in [7, 11) is 6.89. The number of rotatable bonds is 14. The third-order valence-corrected chi connectivity index (χ3v) is 11.5. The molecule has 0 aliphatic carbocycles. The maximum atomic E-state index is 5.71. The number of anilines is 6. The van der Waals surface area contributed by atoms with Crippen molar-refractivity contribution in [3.05, 3.63) is 146 Å². The lowest BCUT2D eigenvalue weighted by Gasteiger charge is -2.28. The Kier molecular flexibility index (Phi) is 11.0. The molecule has 0 spiro atoms. The van der Waals surface area contributed by atoms with Crippen molar-refractivity contribution in [1.82, 2.24) is 0 Å². The molecule has 9 heteroatoms. The molecule has 0 heterocycles. The largest absolute Gasteiger partial charge is 0.536 e. The molecule has 6 rings (SSSR count). The molecular weight excluding hydrogens is 657 g/mol. The molecule has 0 saturated carbocycles. The highest BCUT2D eigenvalue weighted by Gasteiger charge is 2.40. The van der Waals surface area contributed by atoms with E-state index >= 15 is 0 Å². The predicted octanol–water partition coefficient (Wildman–Crippen LogP) is 9.40. The summed E-state index contributed by atoms with van der Waals surface area (Å²) in [6.45, 7) is 0. The quantitative estimate of drug-likeness (QED) is 0.104. The Morgan fingerprint density at radius 3 is 0.784 bits per heavy atom. The Labute approximate surface area is 301 Å². The summed E-state index contributed by atoms with van der Waals surface area (Å²) in [5.41, 5.74) is 8.25. The van der Waals surface area contributed by atoms with E-state index in [-0.39, 0.29) is 0 Å². The van der Waals surface area contributed by atoms with Crippen LogP contribution >= 0.6 is 0 Å². The van der Waals surface area contributed by atoms with Gasteiger partial charge in [0.2, 0.25) is 0 Å². The smallest absolute Gasteiger partial charge is 0.497 e. The van der Waals surface area contributed by atoms with Crippen LogP contribution in [0.4, 0.5) is 34.1 Å². The SMILES string of the molecule is COc1ccc(N(c2ccc(OC)cc2)c2ccc(-c3ccc(N(c4ccc(OC)cc4)c4ccc([Si](OC)(OC)OC)cc4)cc3)cc2)cc1. The Balaban J connectivity index is 1.31. The van der Waals surface area contributed by atoms with Gasteiger partial charge in [-0.1, -0.05) is 36.4 Å². The van der Waals surface area contributed by atoms with Gasteiger partial charge in [0.25, 0.3) is 0 Å². The van der Waals surface area contributed by atoms with E-state index in [2.05, 4.69) is 107 Å². The van der Waals surface area contributed by atoms with E-state index in [1.54, 1.807) is 42.7 Å². The van der Waals surface area contributed by atoms with Gasteiger partial charge in [0, 0.05) is 60.6 Å². The zero-order valence-electron chi connectivity index (χ0n) is 29.7. The Bertz CT molecular complexity index is 1930. The van der Waals surface area contributed by atoms with Gasteiger partial charge in [0.15, 0.2) is 0 Å². The van der Waals surface area contributed by atoms with E-state index in [9.17, 15) is 0 Å². The Morgan fingerprint density at radius 1 is 0.314 bits per heavy atom. The fraction of sp³-hybridized carbons (Fsp3) is 0.143. The maximum absolute atomic E-state index is 5.71. The average Bonchev–Trinajstić information content (AvgIpc) is 3.21. The van der Waals surface area contributed by atoms with Gasteiger partial charge in [-0.05, 0) is 120 Å². The molecule has 0 radical (unpaired) electrons. The zero-order valence-corrected chi connectivity index (χ0v) is 30.7. The lowest BCUT2D eigenvalue weighted by atomic mass is 10.0. The standard InChI is InChI=1S/C42H42N2O6Si/c1-45-39-23-15-35(16-24-39)43(36-17-25-40(46-2)26-18-36)33-11-7-31(8-12-33)32-9-13-34(14-10-32)44(37-19-27-41(47-3)28-20-37)38-21-29-42(30-22-38)51(48-4,49-5)50-6/h7-30H,1-6H3. The van der Waals surface area contributed by atoms with Crippen LogP contribution in [-0.2, 0) is 13.3 Å². The Morgan fingerprint density at radius 2 is 0.549 bits per heavy atom. The molecule has 8 nitrogen and oxygen atoms in total. The molecule has 0 saturated heterocycles. The number of benzene rings is 6. The lowest BCUT2D eigenvalue weighted by Crippen LogP contribution is -2.54. The molecule has 0 aromatic heterocycles. The molecule has 6 aromatic rings. The van der Waals surface area contributed by atoms with Crippen LogP contribution in [0, 0.1) is 0 Å². The van der Waals surface area contributed by atoms with Gasteiger partial charge in [-0.2, -0.15) is 0 Å². The van der Waals surface area contributed by atoms with Crippen molar-refractivity contribution in [3.8, 4) is 28.4 Å². The first-order chi connectivity index (χ1) is 24.9. The van der Waals surface area contributed by atoms with Crippen LogP contribution in [0.3, 0.4) is 0 Å². The first-order valence-corrected chi connectivity index (χ1v) is 18.2. The van der Waals surface area contributed by atoms with Crippen molar-refractivity contribution >= 4 is 48.1 Å². The van der Waals surface area contributed by atoms with Crippen molar-refractivity contribution in [1.29, 1.82) is 0 Å². The monoisotopic (exact) mass is 698 g/mol. The van der Waals surface area contributed by atoms with Gasteiger partial charge in [-0.15, -0.1) is 0 Å². The minimum atomic E-state index is -2.97. The summed E-state index contributed by atoms with van der Waals surface area (Å²) >= 11 is 0. The van der Waals surface area contributed by atoms with Crippen LogP contribution in [0.25, 0.3) is 11.1 Å². The van der Waals surface area contributed by atoms with Crippen molar-refractivity contribution in [2.45, 2.75) is 0 Å². The van der Waals surface area contributed by atoms with Crippen molar-refractivity contribution < 1.29 is 27.5 Å². The summed E-state index contributed by atoms with van der Waals surface area (Å²) in [6.07, 6.45) is 0. The summed E-state index contributed by atoms with van der Waals surface area (Å²) in [4.78, 5) is 4.41. The lowest BCUT2D eigenvalue weighted by molar-refractivity contribution is 0.140. The number of nitrogens with zero attached hydrogens (tertiary/aromatic N) is 2. The molecule has 0 aliphatic rings. The third kappa shape index (κ3) is 7.47. The fourth-order valence-electron chi connectivity index (χ4n) is 6.11. The Hall–Kier alpha value is -5.58. The number of ether oxygens (including phenoxy) is 3. The molecule has 0 amide bonds. The molecule has 0 fully saturated rings. The van der Waals surface area contributed by atoms with Crippen LogP contribution < -0.4 is 29.2 Å². The van der Waals surface area contributed by atoms with Crippen molar-refractivity contribution in [2.24, 2.45) is 0 Å².